The minimum Gasteiger partial charge on any atom is -0.396 e. The summed E-state index contributed by atoms with van der Waals surface area (Å²) in [5.41, 5.74) is 0.548. The molecule has 0 spiro atoms. The fraction of sp³-hybridized carbons (Fsp3) is 1.00. The van der Waals surface area contributed by atoms with Crippen molar-refractivity contribution in [3.63, 3.8) is 0 Å². The van der Waals surface area contributed by atoms with Crippen molar-refractivity contribution in [3.05, 3.63) is 0 Å². The monoisotopic (exact) mass is 392 g/mol. The van der Waals surface area contributed by atoms with E-state index in [0.717, 1.165) is 48.9 Å². The van der Waals surface area contributed by atoms with Gasteiger partial charge in [0.2, 0.25) is 0 Å². The van der Waals surface area contributed by atoms with Gasteiger partial charge in [0.1, 0.15) is 0 Å². The van der Waals surface area contributed by atoms with Crippen molar-refractivity contribution in [3.8, 4) is 0 Å². The standard InChI is InChI=1S/C26H48O2/c1-18(2)8-6-9-19(3)21-11-12-22-20-10-13-24(28)26(5,15-7-17-27)23(20)14-16-25(21,22)4/h18-24,27-28H,6-17H2,1-5H3/t19-,20+,21-,22+,23+,24-,25-,26-/m1/s1. The second-order valence-corrected chi connectivity index (χ2v) is 11.8. The first-order chi connectivity index (χ1) is 13.2. The van der Waals surface area contributed by atoms with E-state index in [2.05, 4.69) is 34.6 Å². The molecule has 2 N–H and O–H groups in total. The number of aliphatic hydroxyl groups excluding tert-OH is 2. The molecule has 2 nitrogen and oxygen atoms in total. The summed E-state index contributed by atoms with van der Waals surface area (Å²) in [5, 5.41) is 20.3. The Bertz CT molecular complexity index is 503. The van der Waals surface area contributed by atoms with E-state index in [1.165, 1.54) is 51.4 Å². The topological polar surface area (TPSA) is 40.5 Å². The molecule has 2 heteroatoms. The number of rotatable bonds is 8. The first-order valence-electron chi connectivity index (χ1n) is 12.5. The van der Waals surface area contributed by atoms with E-state index >= 15 is 0 Å². The van der Waals surface area contributed by atoms with Gasteiger partial charge in [0.25, 0.3) is 0 Å². The Morgan fingerprint density at radius 2 is 1.64 bits per heavy atom. The highest BCUT2D eigenvalue weighted by molar-refractivity contribution is 5.08. The van der Waals surface area contributed by atoms with Crippen LogP contribution in [0.5, 0.6) is 0 Å². The summed E-state index contributed by atoms with van der Waals surface area (Å²) in [7, 11) is 0. The summed E-state index contributed by atoms with van der Waals surface area (Å²) in [6, 6.07) is 0. The highest BCUT2D eigenvalue weighted by Crippen LogP contribution is 2.66. The van der Waals surface area contributed by atoms with Crippen LogP contribution in [0.4, 0.5) is 0 Å². The van der Waals surface area contributed by atoms with Crippen molar-refractivity contribution in [2.75, 3.05) is 6.61 Å². The molecule has 0 radical (unpaired) electrons. The molecule has 0 saturated heterocycles. The molecular weight excluding hydrogens is 344 g/mol. The van der Waals surface area contributed by atoms with E-state index in [0.29, 0.717) is 11.3 Å². The van der Waals surface area contributed by atoms with Gasteiger partial charge in [-0.05, 0) is 97.7 Å². The first kappa shape index (κ1) is 22.6. The lowest BCUT2D eigenvalue weighted by Gasteiger charge is -2.58. The normalized spacial score (nSPS) is 44.4. The van der Waals surface area contributed by atoms with Crippen molar-refractivity contribution in [2.45, 2.75) is 111 Å². The van der Waals surface area contributed by atoms with Crippen LogP contribution in [-0.2, 0) is 0 Å². The molecule has 0 aromatic rings. The van der Waals surface area contributed by atoms with Crippen molar-refractivity contribution in [1.29, 1.82) is 0 Å². The smallest absolute Gasteiger partial charge is 0.0596 e. The van der Waals surface area contributed by atoms with Crippen LogP contribution in [0.1, 0.15) is 105 Å². The Morgan fingerprint density at radius 3 is 2.32 bits per heavy atom. The lowest BCUT2D eigenvalue weighted by molar-refractivity contribution is -0.133. The van der Waals surface area contributed by atoms with Gasteiger partial charge >= 0.3 is 0 Å². The maximum atomic E-state index is 10.9. The summed E-state index contributed by atoms with van der Waals surface area (Å²) in [5.74, 6) is 4.93. The zero-order valence-electron chi connectivity index (χ0n) is 19.4. The van der Waals surface area contributed by atoms with Crippen LogP contribution < -0.4 is 0 Å². The van der Waals surface area contributed by atoms with Gasteiger partial charge in [-0.25, -0.2) is 0 Å². The lowest BCUT2D eigenvalue weighted by atomic mass is 9.47. The van der Waals surface area contributed by atoms with Crippen LogP contribution in [0.15, 0.2) is 0 Å². The van der Waals surface area contributed by atoms with Gasteiger partial charge in [0, 0.05) is 6.61 Å². The zero-order valence-corrected chi connectivity index (χ0v) is 19.4. The van der Waals surface area contributed by atoms with Crippen molar-refractivity contribution in [1.82, 2.24) is 0 Å². The third-order valence-electron chi connectivity index (χ3n) is 9.89. The van der Waals surface area contributed by atoms with Crippen LogP contribution in [0, 0.1) is 46.3 Å². The van der Waals surface area contributed by atoms with Crippen LogP contribution in [0.3, 0.4) is 0 Å². The van der Waals surface area contributed by atoms with E-state index in [1.54, 1.807) is 0 Å². The predicted molar refractivity (Wildman–Crippen MR) is 118 cm³/mol. The number of hydrogen-bond donors (Lipinski definition) is 2. The molecule has 8 atom stereocenters. The molecule has 3 rings (SSSR count). The van der Waals surface area contributed by atoms with Crippen LogP contribution in [0.25, 0.3) is 0 Å². The molecule has 3 fully saturated rings. The maximum Gasteiger partial charge on any atom is 0.0596 e. The number of aliphatic hydroxyl groups is 2. The Labute approximate surface area is 174 Å². The van der Waals surface area contributed by atoms with E-state index < -0.39 is 0 Å². The first-order valence-corrected chi connectivity index (χ1v) is 12.5. The number of fused-ring (bicyclic) bond motifs is 3. The second-order valence-electron chi connectivity index (χ2n) is 11.8. The van der Waals surface area contributed by atoms with Crippen molar-refractivity contribution >= 4 is 0 Å². The Balaban J connectivity index is 1.71. The molecule has 3 saturated carbocycles. The fourth-order valence-electron chi connectivity index (χ4n) is 8.27. The minimum atomic E-state index is -0.170. The molecule has 0 aliphatic heterocycles. The summed E-state index contributed by atoms with van der Waals surface area (Å²) in [6.45, 7) is 12.5. The average molecular weight is 393 g/mol. The molecule has 0 amide bonds. The SMILES string of the molecule is CC(C)CCC[C@@H](C)[C@H]1CC[C@H]2[C@@H]3CC[C@@H](O)[C@](C)(CCCO)[C@H]3CC[C@]12C. The van der Waals surface area contributed by atoms with E-state index in [-0.39, 0.29) is 18.1 Å². The molecule has 0 aromatic carbocycles. The Hall–Kier alpha value is -0.0800. The summed E-state index contributed by atoms with van der Waals surface area (Å²) in [6.07, 6.45) is 13.6. The van der Waals surface area contributed by atoms with Gasteiger partial charge < -0.3 is 10.2 Å². The molecule has 0 unspecified atom stereocenters. The largest absolute Gasteiger partial charge is 0.396 e. The van der Waals surface area contributed by atoms with E-state index in [1.807, 2.05) is 0 Å². The van der Waals surface area contributed by atoms with Gasteiger partial charge in [0.15, 0.2) is 0 Å². The minimum absolute atomic E-state index is 0.0218. The lowest BCUT2D eigenvalue weighted by Crippen LogP contribution is -2.54. The molecular formula is C26H48O2. The summed E-state index contributed by atoms with van der Waals surface area (Å²) in [4.78, 5) is 0. The predicted octanol–water partition coefficient (Wildman–Crippen LogP) is 6.44. The van der Waals surface area contributed by atoms with Gasteiger partial charge in [-0.2, -0.15) is 0 Å². The third kappa shape index (κ3) is 4.07. The molecule has 0 aromatic heterocycles. The highest BCUT2D eigenvalue weighted by atomic mass is 16.3. The van der Waals surface area contributed by atoms with Gasteiger partial charge in [-0.1, -0.05) is 53.9 Å². The Morgan fingerprint density at radius 1 is 0.893 bits per heavy atom. The molecule has 28 heavy (non-hydrogen) atoms. The second kappa shape index (κ2) is 8.96. The fourth-order valence-corrected chi connectivity index (χ4v) is 8.27. The quantitative estimate of drug-likeness (QED) is 0.499. The van der Waals surface area contributed by atoms with Crippen LogP contribution in [-0.4, -0.2) is 22.9 Å². The zero-order chi connectivity index (χ0) is 20.5. The van der Waals surface area contributed by atoms with Crippen LogP contribution in [0.2, 0.25) is 0 Å². The van der Waals surface area contributed by atoms with Gasteiger partial charge in [0.05, 0.1) is 6.10 Å². The van der Waals surface area contributed by atoms with Gasteiger partial charge in [-0.3, -0.25) is 0 Å². The third-order valence-corrected chi connectivity index (χ3v) is 9.89. The maximum absolute atomic E-state index is 10.9. The molecule has 3 aliphatic carbocycles. The van der Waals surface area contributed by atoms with Crippen LogP contribution >= 0.6 is 0 Å². The van der Waals surface area contributed by atoms with E-state index in [9.17, 15) is 10.2 Å². The Kier molecular flexibility index (Phi) is 7.24. The highest BCUT2D eigenvalue weighted by Gasteiger charge is 2.59. The van der Waals surface area contributed by atoms with Crippen molar-refractivity contribution < 1.29 is 10.2 Å². The summed E-state index contributed by atoms with van der Waals surface area (Å²) >= 11 is 0. The molecule has 0 bridgehead atoms. The molecule has 3 aliphatic rings. The average Bonchev–Trinajstić information content (AvgIpc) is 3.00. The van der Waals surface area contributed by atoms with Gasteiger partial charge in [-0.15, -0.1) is 0 Å². The summed E-state index contributed by atoms with van der Waals surface area (Å²) < 4.78 is 0. The molecule has 164 valence electrons. The van der Waals surface area contributed by atoms with Crippen molar-refractivity contribution in [2.24, 2.45) is 46.3 Å². The van der Waals surface area contributed by atoms with E-state index in [4.69, 9.17) is 0 Å². The molecule has 0 heterocycles. The number of hydrogen-bond acceptors (Lipinski definition) is 2.